The third-order valence-electron chi connectivity index (χ3n) is 5.29. The normalized spacial score (nSPS) is 13.6. The van der Waals surface area contributed by atoms with Crippen molar-refractivity contribution in [3.8, 4) is 11.5 Å². The first-order valence-electron chi connectivity index (χ1n) is 10.6. The average molecular weight is 461 g/mol. The molecule has 0 spiro atoms. The minimum absolute atomic E-state index is 0.103. The van der Waals surface area contributed by atoms with E-state index in [2.05, 4.69) is 9.89 Å². The number of anilines is 1. The molecule has 0 aromatic heterocycles. The molecule has 0 N–H and O–H groups in total. The molecule has 1 fully saturated rings. The number of benzene rings is 3. The Morgan fingerprint density at radius 3 is 2.38 bits per heavy atom. The number of carbonyl (C=O) groups is 1. The summed E-state index contributed by atoms with van der Waals surface area (Å²) in [4.78, 5) is 29.4. The van der Waals surface area contributed by atoms with Crippen molar-refractivity contribution in [3.63, 3.8) is 0 Å². The van der Waals surface area contributed by atoms with Gasteiger partial charge in [0.05, 0.1) is 36.5 Å². The van der Waals surface area contributed by atoms with Crippen LogP contribution in [0.5, 0.6) is 11.5 Å². The molecule has 1 aliphatic heterocycles. The Labute approximate surface area is 196 Å². The van der Waals surface area contributed by atoms with E-state index in [9.17, 15) is 14.9 Å². The molecular formula is C25H23N3O6. The largest absolute Gasteiger partial charge is 0.493 e. The molecule has 174 valence electrons. The van der Waals surface area contributed by atoms with Crippen molar-refractivity contribution in [2.75, 3.05) is 38.3 Å². The van der Waals surface area contributed by atoms with E-state index >= 15 is 0 Å². The van der Waals surface area contributed by atoms with Crippen LogP contribution in [0, 0.1) is 10.1 Å². The molecule has 1 saturated heterocycles. The van der Waals surface area contributed by atoms with Crippen LogP contribution >= 0.6 is 0 Å². The molecular weight excluding hydrogens is 438 g/mol. The minimum Gasteiger partial charge on any atom is -0.493 e. The predicted molar refractivity (Wildman–Crippen MR) is 128 cm³/mol. The van der Waals surface area contributed by atoms with Crippen molar-refractivity contribution >= 4 is 29.2 Å². The highest BCUT2D eigenvalue weighted by Gasteiger charge is 2.15. The van der Waals surface area contributed by atoms with Crippen molar-refractivity contribution in [3.05, 3.63) is 88.0 Å². The van der Waals surface area contributed by atoms with Gasteiger partial charge in [-0.05, 0) is 60.2 Å². The van der Waals surface area contributed by atoms with Gasteiger partial charge >= 0.3 is 5.97 Å². The minimum atomic E-state index is -0.644. The van der Waals surface area contributed by atoms with Crippen LogP contribution in [0.3, 0.4) is 0 Å². The standard InChI is InChI=1S/C25H23N3O6/c1-32-24-16-18(17-26-20-5-9-21(10-6-20)27-12-14-33-15-13-27)2-11-23(24)34-25(29)19-3-7-22(8-4-19)28(30)31/h2-11,16-17H,12-15H2,1H3. The third kappa shape index (κ3) is 5.57. The summed E-state index contributed by atoms with van der Waals surface area (Å²) in [6.45, 7) is 3.23. The van der Waals surface area contributed by atoms with Gasteiger partial charge in [-0.15, -0.1) is 0 Å². The van der Waals surface area contributed by atoms with Crippen molar-refractivity contribution in [1.82, 2.24) is 0 Å². The zero-order valence-electron chi connectivity index (χ0n) is 18.5. The Kier molecular flexibility index (Phi) is 7.14. The maximum Gasteiger partial charge on any atom is 0.343 e. The van der Waals surface area contributed by atoms with Gasteiger partial charge in [0.1, 0.15) is 0 Å². The van der Waals surface area contributed by atoms with Crippen LogP contribution in [0.15, 0.2) is 71.7 Å². The second-order valence-electron chi connectivity index (χ2n) is 7.48. The fraction of sp³-hybridized carbons (Fsp3) is 0.200. The van der Waals surface area contributed by atoms with Gasteiger partial charge < -0.3 is 19.1 Å². The SMILES string of the molecule is COc1cc(C=Nc2ccc(N3CCOCC3)cc2)ccc1OC(=O)c1ccc([N+](=O)[O-])cc1. The summed E-state index contributed by atoms with van der Waals surface area (Å²) < 4.78 is 16.2. The number of morpholine rings is 1. The number of aliphatic imine (C=N–C) groups is 1. The number of nitro groups is 1. The second kappa shape index (κ2) is 10.6. The first-order valence-corrected chi connectivity index (χ1v) is 10.6. The van der Waals surface area contributed by atoms with E-state index in [1.54, 1.807) is 24.4 Å². The van der Waals surface area contributed by atoms with E-state index in [0.29, 0.717) is 5.75 Å². The molecule has 0 atom stereocenters. The zero-order chi connectivity index (χ0) is 23.9. The molecule has 34 heavy (non-hydrogen) atoms. The lowest BCUT2D eigenvalue weighted by atomic mass is 10.2. The molecule has 0 unspecified atom stereocenters. The molecule has 3 aromatic carbocycles. The smallest absolute Gasteiger partial charge is 0.343 e. The van der Waals surface area contributed by atoms with Crippen LogP contribution in [-0.4, -0.2) is 50.5 Å². The summed E-state index contributed by atoms with van der Waals surface area (Å²) in [6.07, 6.45) is 1.70. The lowest BCUT2D eigenvalue weighted by Gasteiger charge is -2.28. The quantitative estimate of drug-likeness (QED) is 0.169. The van der Waals surface area contributed by atoms with E-state index in [-0.39, 0.29) is 17.0 Å². The van der Waals surface area contributed by atoms with E-state index in [1.165, 1.54) is 31.4 Å². The van der Waals surface area contributed by atoms with Gasteiger partial charge in [0.15, 0.2) is 11.5 Å². The van der Waals surface area contributed by atoms with Gasteiger partial charge in [-0.25, -0.2) is 4.79 Å². The van der Waals surface area contributed by atoms with Crippen LogP contribution in [-0.2, 0) is 4.74 Å². The maximum atomic E-state index is 12.4. The zero-order valence-corrected chi connectivity index (χ0v) is 18.5. The van der Waals surface area contributed by atoms with E-state index in [1.807, 2.05) is 24.3 Å². The average Bonchev–Trinajstić information content (AvgIpc) is 2.89. The lowest BCUT2D eigenvalue weighted by molar-refractivity contribution is -0.384. The molecule has 3 aromatic rings. The highest BCUT2D eigenvalue weighted by atomic mass is 16.6. The van der Waals surface area contributed by atoms with Crippen LogP contribution in [0.25, 0.3) is 0 Å². The Balaban J connectivity index is 1.42. The van der Waals surface area contributed by atoms with Crippen LogP contribution in [0.1, 0.15) is 15.9 Å². The van der Waals surface area contributed by atoms with Crippen molar-refractivity contribution < 1.29 is 23.9 Å². The number of esters is 1. The first kappa shape index (κ1) is 22.9. The summed E-state index contributed by atoms with van der Waals surface area (Å²) in [5.41, 5.74) is 2.81. The third-order valence-corrected chi connectivity index (χ3v) is 5.29. The van der Waals surface area contributed by atoms with Gasteiger partial charge in [0.2, 0.25) is 0 Å². The highest BCUT2D eigenvalue weighted by molar-refractivity contribution is 5.92. The summed E-state index contributed by atoms with van der Waals surface area (Å²) >= 11 is 0. The van der Waals surface area contributed by atoms with Crippen LogP contribution in [0.2, 0.25) is 0 Å². The number of nitro benzene ring substituents is 1. The molecule has 9 nitrogen and oxygen atoms in total. The van der Waals surface area contributed by atoms with Crippen LogP contribution in [0.4, 0.5) is 17.1 Å². The van der Waals surface area contributed by atoms with Gasteiger partial charge in [0.25, 0.3) is 5.69 Å². The van der Waals surface area contributed by atoms with E-state index in [4.69, 9.17) is 14.2 Å². The first-order chi connectivity index (χ1) is 16.5. The number of carbonyl (C=O) groups excluding carboxylic acids is 1. The predicted octanol–water partition coefficient (Wildman–Crippen LogP) is 4.41. The number of ether oxygens (including phenoxy) is 3. The summed E-state index contributed by atoms with van der Waals surface area (Å²) in [5, 5.41) is 10.8. The van der Waals surface area contributed by atoms with Crippen molar-refractivity contribution in [2.45, 2.75) is 0 Å². The Hall–Kier alpha value is -4.24. The summed E-state index contributed by atoms with van der Waals surface area (Å²) in [7, 11) is 1.48. The van der Waals surface area contributed by atoms with Crippen molar-refractivity contribution in [2.24, 2.45) is 4.99 Å². The lowest BCUT2D eigenvalue weighted by Crippen LogP contribution is -2.36. The Morgan fingerprint density at radius 2 is 1.74 bits per heavy atom. The fourth-order valence-corrected chi connectivity index (χ4v) is 3.45. The molecule has 0 aliphatic carbocycles. The van der Waals surface area contributed by atoms with E-state index in [0.717, 1.165) is 43.2 Å². The molecule has 4 rings (SSSR count). The number of hydrogen-bond donors (Lipinski definition) is 0. The molecule has 0 saturated carbocycles. The number of nitrogens with zero attached hydrogens (tertiary/aromatic N) is 3. The Morgan fingerprint density at radius 1 is 1.03 bits per heavy atom. The molecule has 0 radical (unpaired) electrons. The monoisotopic (exact) mass is 461 g/mol. The molecule has 0 amide bonds. The topological polar surface area (TPSA) is 104 Å². The Bertz CT molecular complexity index is 1190. The van der Waals surface area contributed by atoms with Gasteiger partial charge in [-0.2, -0.15) is 0 Å². The van der Waals surface area contributed by atoms with Gasteiger partial charge in [0, 0.05) is 37.1 Å². The number of methoxy groups -OCH3 is 1. The maximum absolute atomic E-state index is 12.4. The number of rotatable bonds is 7. The molecule has 0 bridgehead atoms. The van der Waals surface area contributed by atoms with Crippen molar-refractivity contribution in [1.29, 1.82) is 0 Å². The van der Waals surface area contributed by atoms with Gasteiger partial charge in [-0.1, -0.05) is 0 Å². The molecule has 9 heteroatoms. The number of non-ortho nitro benzene ring substituents is 1. The van der Waals surface area contributed by atoms with Gasteiger partial charge in [-0.3, -0.25) is 15.1 Å². The highest BCUT2D eigenvalue weighted by Crippen LogP contribution is 2.29. The number of hydrogen-bond acceptors (Lipinski definition) is 8. The fourth-order valence-electron chi connectivity index (χ4n) is 3.45. The molecule has 1 heterocycles. The summed E-state index contributed by atoms with van der Waals surface area (Å²) in [6, 6.07) is 18.3. The van der Waals surface area contributed by atoms with E-state index < -0.39 is 10.9 Å². The van der Waals surface area contributed by atoms with Crippen LogP contribution < -0.4 is 14.4 Å². The second-order valence-corrected chi connectivity index (χ2v) is 7.48. The molecule has 1 aliphatic rings. The summed E-state index contributed by atoms with van der Waals surface area (Å²) in [5.74, 6) is -0.0466.